The molecule has 0 atom stereocenters. The number of carbonyl (C=O) groups excluding carboxylic acids is 1. The fourth-order valence-corrected chi connectivity index (χ4v) is 0.792. The smallest absolute Gasteiger partial charge is 0.227 e. The number of hydrogen-bond donors (Lipinski definition) is 1. The number of halogens is 1. The molecule has 0 aliphatic heterocycles. The molecule has 2 N–H and O–H groups in total. The first kappa shape index (κ1) is 8.49. The molecule has 0 aromatic rings. The summed E-state index contributed by atoms with van der Waals surface area (Å²) in [5, 5.41) is 0. The van der Waals surface area contributed by atoms with Crippen LogP contribution in [0.2, 0.25) is 0 Å². The molecule has 0 saturated carbocycles. The van der Waals surface area contributed by atoms with Gasteiger partial charge in [0, 0.05) is 5.75 Å². The summed E-state index contributed by atoms with van der Waals surface area (Å²) in [6, 6.07) is 0. The van der Waals surface area contributed by atoms with Crippen LogP contribution in [0.4, 0.5) is 4.39 Å². The molecule has 0 saturated heterocycles. The zero-order valence-corrected chi connectivity index (χ0v) is 5.66. The number of carbonyl (C=O) groups is 1. The highest BCUT2D eigenvalue weighted by Gasteiger charge is 1.90. The minimum atomic E-state index is -0.368. The lowest BCUT2D eigenvalue weighted by Crippen LogP contribution is -2.13. The van der Waals surface area contributed by atoms with E-state index in [1.54, 1.807) is 0 Å². The van der Waals surface area contributed by atoms with E-state index in [1.165, 1.54) is 17.8 Å². The van der Waals surface area contributed by atoms with Gasteiger partial charge < -0.3 is 5.73 Å². The van der Waals surface area contributed by atoms with Gasteiger partial charge in [-0.15, -0.1) is 11.8 Å². The van der Waals surface area contributed by atoms with E-state index in [0.717, 1.165) is 0 Å². The number of nitrogens with two attached hydrogens (primary N) is 1. The van der Waals surface area contributed by atoms with Crippen molar-refractivity contribution in [3.05, 3.63) is 12.4 Å². The lowest BCUT2D eigenvalue weighted by molar-refractivity contribution is -0.115. The molecule has 9 heavy (non-hydrogen) atoms. The Labute approximate surface area is 57.3 Å². The van der Waals surface area contributed by atoms with Crippen molar-refractivity contribution in [2.24, 2.45) is 5.73 Å². The van der Waals surface area contributed by atoms with Crippen LogP contribution in [0.15, 0.2) is 12.4 Å². The van der Waals surface area contributed by atoms with Gasteiger partial charge >= 0.3 is 0 Å². The van der Waals surface area contributed by atoms with Crippen molar-refractivity contribution in [1.82, 2.24) is 0 Å². The largest absolute Gasteiger partial charge is 0.369 e. The zero-order valence-electron chi connectivity index (χ0n) is 4.84. The number of hydrogen-bond acceptors (Lipinski definition) is 2. The summed E-state index contributed by atoms with van der Waals surface area (Å²) in [6.07, 6.45) is 1.78. The molecule has 0 aromatic carbocycles. The van der Waals surface area contributed by atoms with Crippen LogP contribution in [0.25, 0.3) is 0 Å². The molecule has 2 nitrogen and oxygen atoms in total. The minimum Gasteiger partial charge on any atom is -0.369 e. The molecule has 0 aliphatic carbocycles. The summed E-state index contributed by atoms with van der Waals surface area (Å²) in [5.41, 5.74) is 4.80. The van der Waals surface area contributed by atoms with E-state index >= 15 is 0 Å². The number of rotatable bonds is 4. The van der Waals surface area contributed by atoms with Crippen molar-refractivity contribution in [2.45, 2.75) is 0 Å². The van der Waals surface area contributed by atoms with Gasteiger partial charge in [0.1, 0.15) is 0 Å². The molecular formula is C5H8FNOS. The third kappa shape index (κ3) is 7.49. The molecule has 0 radical (unpaired) electrons. The fraction of sp³-hybridized carbons (Fsp3) is 0.400. The van der Waals surface area contributed by atoms with E-state index in [4.69, 9.17) is 5.73 Å². The molecule has 0 spiro atoms. The van der Waals surface area contributed by atoms with Gasteiger partial charge in [0.05, 0.1) is 12.1 Å². The summed E-state index contributed by atoms with van der Waals surface area (Å²) in [5.74, 6) is 0.385. The molecule has 0 unspecified atom stereocenters. The third-order valence-corrected chi connectivity index (χ3v) is 1.46. The Morgan fingerprint density at radius 1 is 1.78 bits per heavy atom. The maximum absolute atomic E-state index is 11.2. The number of amides is 1. The Bertz CT molecular complexity index is 116. The van der Waals surface area contributed by atoms with Crippen LogP contribution < -0.4 is 5.73 Å². The van der Waals surface area contributed by atoms with Crippen LogP contribution in [-0.4, -0.2) is 17.4 Å². The van der Waals surface area contributed by atoms with E-state index in [0.29, 0.717) is 12.1 Å². The van der Waals surface area contributed by atoms with Gasteiger partial charge in [0.25, 0.3) is 0 Å². The quantitative estimate of drug-likeness (QED) is 0.597. The van der Waals surface area contributed by atoms with E-state index in [9.17, 15) is 9.18 Å². The van der Waals surface area contributed by atoms with Crippen LogP contribution in [0.5, 0.6) is 0 Å². The average Bonchev–Trinajstić information content (AvgIpc) is 1.80. The second kappa shape index (κ2) is 5.62. The highest BCUT2D eigenvalue weighted by atomic mass is 32.2. The second-order valence-electron chi connectivity index (χ2n) is 1.34. The first-order valence-electron chi connectivity index (χ1n) is 2.38. The van der Waals surface area contributed by atoms with Gasteiger partial charge in [0.2, 0.25) is 5.91 Å². The maximum atomic E-state index is 11.2. The number of thioether (sulfide) groups is 1. The summed E-state index contributed by atoms with van der Waals surface area (Å²) < 4.78 is 11.2. The molecule has 4 heteroatoms. The standard InChI is InChI=1S/C5H8FNOS/c6-2-1-3-9-4-5(7)8/h1-2H,3-4H2,(H2,7,8). The van der Waals surface area contributed by atoms with E-state index in [1.807, 2.05) is 0 Å². The van der Waals surface area contributed by atoms with Crippen LogP contribution in [-0.2, 0) is 4.79 Å². The van der Waals surface area contributed by atoms with Crippen LogP contribution in [0.1, 0.15) is 0 Å². The van der Waals surface area contributed by atoms with Crippen molar-refractivity contribution in [3.63, 3.8) is 0 Å². The SMILES string of the molecule is NC(=O)CSCC=CF. The highest BCUT2D eigenvalue weighted by molar-refractivity contribution is 8.00. The Morgan fingerprint density at radius 3 is 2.89 bits per heavy atom. The predicted molar refractivity (Wildman–Crippen MR) is 36.8 cm³/mol. The van der Waals surface area contributed by atoms with Crippen molar-refractivity contribution in [1.29, 1.82) is 0 Å². The van der Waals surface area contributed by atoms with Gasteiger partial charge in [-0.3, -0.25) is 4.79 Å². The van der Waals surface area contributed by atoms with Crippen LogP contribution >= 0.6 is 11.8 Å². The highest BCUT2D eigenvalue weighted by Crippen LogP contribution is 1.97. The normalized spacial score (nSPS) is 10.3. The van der Waals surface area contributed by atoms with Crippen molar-refractivity contribution in [2.75, 3.05) is 11.5 Å². The molecule has 0 fully saturated rings. The van der Waals surface area contributed by atoms with Crippen molar-refractivity contribution < 1.29 is 9.18 Å². The van der Waals surface area contributed by atoms with Crippen LogP contribution in [0.3, 0.4) is 0 Å². The zero-order chi connectivity index (χ0) is 7.11. The molecule has 0 rings (SSSR count). The molecule has 0 aliphatic rings. The van der Waals surface area contributed by atoms with Gasteiger partial charge in [-0.2, -0.15) is 0 Å². The van der Waals surface area contributed by atoms with E-state index in [-0.39, 0.29) is 11.7 Å². The Hall–Kier alpha value is -0.510. The van der Waals surface area contributed by atoms with Crippen molar-refractivity contribution in [3.8, 4) is 0 Å². The average molecular weight is 149 g/mol. The van der Waals surface area contributed by atoms with Gasteiger partial charge in [-0.25, -0.2) is 4.39 Å². The van der Waals surface area contributed by atoms with E-state index < -0.39 is 0 Å². The Kier molecular flexibility index (Phi) is 5.30. The molecule has 0 aromatic heterocycles. The summed E-state index contributed by atoms with van der Waals surface area (Å²) in [6.45, 7) is 0. The fourth-order valence-electron chi connectivity index (χ4n) is 0.264. The predicted octanol–water partition coefficient (Wildman–Crippen LogP) is 0.688. The van der Waals surface area contributed by atoms with Crippen molar-refractivity contribution >= 4 is 17.7 Å². The molecule has 0 bridgehead atoms. The van der Waals surface area contributed by atoms with E-state index in [2.05, 4.69) is 0 Å². The maximum Gasteiger partial charge on any atom is 0.227 e. The monoisotopic (exact) mass is 149 g/mol. The Balaban J connectivity index is 3.01. The first-order valence-corrected chi connectivity index (χ1v) is 3.54. The van der Waals surface area contributed by atoms with Gasteiger partial charge in [-0.05, 0) is 6.08 Å². The summed E-state index contributed by atoms with van der Waals surface area (Å²) in [7, 11) is 0. The molecule has 0 heterocycles. The molecular weight excluding hydrogens is 141 g/mol. The van der Waals surface area contributed by atoms with Crippen LogP contribution in [0, 0.1) is 0 Å². The Morgan fingerprint density at radius 2 is 2.44 bits per heavy atom. The third-order valence-electron chi connectivity index (χ3n) is 0.547. The lowest BCUT2D eigenvalue weighted by Gasteiger charge is -1.89. The minimum absolute atomic E-state index is 0.254. The van der Waals surface area contributed by atoms with Gasteiger partial charge in [-0.1, -0.05) is 0 Å². The summed E-state index contributed by atoms with van der Waals surface area (Å²) in [4.78, 5) is 10.0. The lowest BCUT2D eigenvalue weighted by atomic mass is 10.7. The second-order valence-corrected chi connectivity index (χ2v) is 2.37. The van der Waals surface area contributed by atoms with Gasteiger partial charge in [0.15, 0.2) is 0 Å². The molecule has 52 valence electrons. The number of primary amides is 1. The summed E-state index contributed by atoms with van der Waals surface area (Å²) >= 11 is 1.28. The molecule has 1 amide bonds. The topological polar surface area (TPSA) is 43.1 Å². The first-order chi connectivity index (χ1) is 4.27.